The lowest BCUT2D eigenvalue weighted by atomic mass is 10.1. The number of hydrogen-bond acceptors (Lipinski definition) is 7. The van der Waals surface area contributed by atoms with Crippen molar-refractivity contribution in [1.82, 2.24) is 4.90 Å². The number of nitro groups is 1. The zero-order chi connectivity index (χ0) is 27.2. The number of aliphatic imine (C=N–C) groups is 1. The van der Waals surface area contributed by atoms with Crippen LogP contribution < -0.4 is 9.47 Å². The number of non-ortho nitro benzene ring substituents is 1. The fourth-order valence-electron chi connectivity index (χ4n) is 3.56. The second-order valence-electron chi connectivity index (χ2n) is 8.00. The van der Waals surface area contributed by atoms with Gasteiger partial charge in [-0.1, -0.05) is 17.7 Å². The molecule has 11 heteroatoms. The van der Waals surface area contributed by atoms with Gasteiger partial charge in [-0.25, -0.2) is 4.99 Å². The zero-order valence-electron chi connectivity index (χ0n) is 20.5. The van der Waals surface area contributed by atoms with Gasteiger partial charge >= 0.3 is 0 Å². The van der Waals surface area contributed by atoms with E-state index in [1.54, 1.807) is 35.2 Å². The average molecular weight is 617 g/mol. The molecule has 1 amide bonds. The van der Waals surface area contributed by atoms with Gasteiger partial charge in [-0.15, -0.1) is 0 Å². The molecule has 0 N–H and O–H groups in total. The van der Waals surface area contributed by atoms with E-state index < -0.39 is 4.92 Å². The molecular weight excluding hydrogens is 594 g/mol. The van der Waals surface area contributed by atoms with Crippen LogP contribution in [-0.4, -0.2) is 34.0 Å². The summed E-state index contributed by atoms with van der Waals surface area (Å²) >= 11 is 10.9. The fraction of sp³-hybridized carbons (Fsp3) is 0.185. The minimum absolute atomic E-state index is 0.0240. The number of ether oxygens (including phenoxy) is 2. The zero-order valence-corrected chi connectivity index (χ0v) is 23.7. The Bertz CT molecular complexity index is 1430. The third kappa shape index (κ3) is 6.56. The van der Waals surface area contributed by atoms with E-state index in [1.165, 1.54) is 23.9 Å². The summed E-state index contributed by atoms with van der Waals surface area (Å²) in [6, 6.07) is 17.0. The van der Waals surface area contributed by atoms with Crippen molar-refractivity contribution in [2.75, 3.05) is 13.2 Å². The van der Waals surface area contributed by atoms with E-state index in [9.17, 15) is 14.9 Å². The van der Waals surface area contributed by atoms with Crippen LogP contribution in [0.2, 0.25) is 5.02 Å². The Morgan fingerprint density at radius 2 is 1.84 bits per heavy atom. The van der Waals surface area contributed by atoms with Gasteiger partial charge in [0.2, 0.25) is 0 Å². The molecule has 0 bridgehead atoms. The molecule has 8 nitrogen and oxygen atoms in total. The van der Waals surface area contributed by atoms with Crippen molar-refractivity contribution in [3.05, 3.63) is 96.3 Å². The first-order valence-corrected chi connectivity index (χ1v) is 13.7. The lowest BCUT2D eigenvalue weighted by Gasteiger charge is -2.13. The minimum Gasteiger partial charge on any atom is -0.490 e. The standard InChI is InChI=1S/C27H23BrClN3O5S/c1-3-31-26(33)25(38-27(31)30-19-8-11-21(28)22(29)15-19)14-18-7-12-23(24(13-18)36-4-2)37-16-17-5-9-20(10-6-17)32(34)35/h5-15H,3-4,16H2,1-2H3/b25-14-,30-27?. The van der Waals surface area contributed by atoms with Crippen molar-refractivity contribution in [3.63, 3.8) is 0 Å². The van der Waals surface area contributed by atoms with Crippen LogP contribution in [-0.2, 0) is 11.4 Å². The van der Waals surface area contributed by atoms with Crippen LogP contribution in [0.25, 0.3) is 6.08 Å². The molecule has 0 saturated carbocycles. The number of carbonyl (C=O) groups is 1. The van der Waals surface area contributed by atoms with Gasteiger partial charge in [-0.05, 0) is 101 Å². The normalized spacial score (nSPS) is 15.4. The molecule has 38 heavy (non-hydrogen) atoms. The van der Waals surface area contributed by atoms with E-state index in [-0.39, 0.29) is 18.2 Å². The number of carbonyl (C=O) groups excluding carboxylic acids is 1. The fourth-order valence-corrected chi connectivity index (χ4v) is 5.05. The molecule has 1 fully saturated rings. The van der Waals surface area contributed by atoms with Crippen LogP contribution in [0.4, 0.5) is 11.4 Å². The molecule has 196 valence electrons. The van der Waals surface area contributed by atoms with Crippen molar-refractivity contribution in [3.8, 4) is 11.5 Å². The number of amides is 1. The van der Waals surface area contributed by atoms with Gasteiger partial charge in [-0.3, -0.25) is 19.8 Å². The van der Waals surface area contributed by atoms with Crippen LogP contribution in [0.5, 0.6) is 11.5 Å². The predicted octanol–water partition coefficient (Wildman–Crippen LogP) is 7.61. The molecule has 4 rings (SSSR count). The molecule has 0 unspecified atom stereocenters. The number of benzene rings is 3. The maximum absolute atomic E-state index is 13.1. The number of hydrogen-bond donors (Lipinski definition) is 0. The molecule has 1 aliphatic rings. The lowest BCUT2D eigenvalue weighted by Crippen LogP contribution is -2.28. The summed E-state index contributed by atoms with van der Waals surface area (Å²) in [6.07, 6.45) is 1.80. The molecule has 3 aromatic rings. The van der Waals surface area contributed by atoms with Crippen LogP contribution in [0, 0.1) is 10.1 Å². The number of nitro benzene ring substituents is 1. The Morgan fingerprint density at radius 1 is 1.08 bits per heavy atom. The van der Waals surface area contributed by atoms with Gasteiger partial charge < -0.3 is 9.47 Å². The van der Waals surface area contributed by atoms with Gasteiger partial charge in [0.05, 0.1) is 27.1 Å². The molecule has 0 aliphatic carbocycles. The van der Waals surface area contributed by atoms with E-state index in [0.717, 1.165) is 15.6 Å². The third-order valence-electron chi connectivity index (χ3n) is 5.44. The molecule has 1 heterocycles. The number of amidine groups is 1. The molecule has 0 radical (unpaired) electrons. The molecule has 1 saturated heterocycles. The highest BCUT2D eigenvalue weighted by Crippen LogP contribution is 2.37. The Kier molecular flexibility index (Phi) is 9.09. The molecule has 0 aromatic heterocycles. The van der Waals surface area contributed by atoms with E-state index in [1.807, 2.05) is 38.1 Å². The summed E-state index contributed by atoms with van der Waals surface area (Å²) in [5.74, 6) is 0.933. The number of rotatable bonds is 9. The van der Waals surface area contributed by atoms with Crippen molar-refractivity contribution in [1.29, 1.82) is 0 Å². The van der Waals surface area contributed by atoms with Crippen molar-refractivity contribution in [2.24, 2.45) is 4.99 Å². The van der Waals surface area contributed by atoms with E-state index in [0.29, 0.717) is 45.4 Å². The molecule has 0 spiro atoms. The van der Waals surface area contributed by atoms with Crippen LogP contribution in [0.15, 0.2) is 75.0 Å². The van der Waals surface area contributed by atoms with E-state index in [2.05, 4.69) is 20.9 Å². The number of likely N-dealkylation sites (N-methyl/N-ethyl adjacent to an activating group) is 1. The maximum atomic E-state index is 13.1. The summed E-state index contributed by atoms with van der Waals surface area (Å²) in [4.78, 5) is 30.3. The van der Waals surface area contributed by atoms with Crippen molar-refractivity contribution < 1.29 is 19.2 Å². The second-order valence-corrected chi connectivity index (χ2v) is 10.3. The smallest absolute Gasteiger partial charge is 0.269 e. The van der Waals surface area contributed by atoms with Gasteiger partial charge in [0.1, 0.15) is 6.61 Å². The monoisotopic (exact) mass is 615 g/mol. The van der Waals surface area contributed by atoms with E-state index in [4.69, 9.17) is 21.1 Å². The summed E-state index contributed by atoms with van der Waals surface area (Å²) in [7, 11) is 0. The predicted molar refractivity (Wildman–Crippen MR) is 154 cm³/mol. The van der Waals surface area contributed by atoms with Gasteiger partial charge in [0.25, 0.3) is 11.6 Å². The van der Waals surface area contributed by atoms with Gasteiger partial charge in [0, 0.05) is 23.2 Å². The number of halogens is 2. The molecule has 0 atom stereocenters. The van der Waals surface area contributed by atoms with Gasteiger partial charge in [0.15, 0.2) is 16.7 Å². The van der Waals surface area contributed by atoms with Crippen LogP contribution >= 0.6 is 39.3 Å². The summed E-state index contributed by atoms with van der Waals surface area (Å²) in [5, 5.41) is 12.0. The topological polar surface area (TPSA) is 94.3 Å². The average Bonchev–Trinajstić information content (AvgIpc) is 3.19. The first kappa shape index (κ1) is 27.7. The van der Waals surface area contributed by atoms with Crippen LogP contribution in [0.1, 0.15) is 25.0 Å². The SMILES string of the molecule is CCOc1cc(/C=C2\SC(=Nc3ccc(Br)c(Cl)c3)N(CC)C2=O)ccc1OCc1ccc([N+](=O)[O-])cc1. The number of nitrogens with zero attached hydrogens (tertiary/aromatic N) is 3. The summed E-state index contributed by atoms with van der Waals surface area (Å²) < 4.78 is 12.5. The molecule has 3 aromatic carbocycles. The Labute approximate surface area is 237 Å². The van der Waals surface area contributed by atoms with Crippen molar-refractivity contribution in [2.45, 2.75) is 20.5 Å². The summed E-state index contributed by atoms with van der Waals surface area (Å²) in [6.45, 7) is 4.90. The maximum Gasteiger partial charge on any atom is 0.269 e. The third-order valence-corrected chi connectivity index (χ3v) is 7.68. The quantitative estimate of drug-likeness (QED) is 0.140. The van der Waals surface area contributed by atoms with Crippen molar-refractivity contribution >= 4 is 67.8 Å². The van der Waals surface area contributed by atoms with Gasteiger partial charge in [-0.2, -0.15) is 0 Å². The summed E-state index contributed by atoms with van der Waals surface area (Å²) in [5.41, 5.74) is 2.24. The number of thioether (sulfide) groups is 1. The minimum atomic E-state index is -0.441. The lowest BCUT2D eigenvalue weighted by molar-refractivity contribution is -0.384. The largest absolute Gasteiger partial charge is 0.490 e. The van der Waals surface area contributed by atoms with Crippen LogP contribution in [0.3, 0.4) is 0 Å². The molecular formula is C27H23BrClN3O5S. The molecule has 1 aliphatic heterocycles. The Hall–Kier alpha value is -3.34. The Balaban J connectivity index is 1.54. The highest BCUT2D eigenvalue weighted by molar-refractivity contribution is 9.10. The first-order chi connectivity index (χ1) is 18.3. The van der Waals surface area contributed by atoms with E-state index >= 15 is 0 Å². The Morgan fingerprint density at radius 3 is 2.50 bits per heavy atom. The first-order valence-electron chi connectivity index (χ1n) is 11.7. The highest BCUT2D eigenvalue weighted by atomic mass is 79.9. The second kappa shape index (κ2) is 12.5. The highest BCUT2D eigenvalue weighted by Gasteiger charge is 2.32.